The molecule has 1 fully saturated rings. The van der Waals surface area contributed by atoms with E-state index in [2.05, 4.69) is 22.9 Å². The molecule has 0 bridgehead atoms. The van der Waals surface area contributed by atoms with Crippen LogP contribution in [0.4, 0.5) is 0 Å². The third kappa shape index (κ3) is 7.74. The van der Waals surface area contributed by atoms with Crippen LogP contribution in [0.1, 0.15) is 45.1 Å². The molecule has 0 saturated carbocycles. The summed E-state index contributed by atoms with van der Waals surface area (Å²) in [4.78, 5) is 50.8. The van der Waals surface area contributed by atoms with Gasteiger partial charge in [0, 0.05) is 13.0 Å². The van der Waals surface area contributed by atoms with Crippen molar-refractivity contribution in [3.8, 4) is 0 Å². The molecular weight excluding hydrogens is 476 g/mol. The largest absolute Gasteiger partial charge is 0.480 e. The van der Waals surface area contributed by atoms with Crippen LogP contribution < -0.4 is 16.0 Å². The third-order valence-electron chi connectivity index (χ3n) is 6.80. The Bertz CT molecular complexity index is 1120. The number of hydrogen-bond donors (Lipinski definition) is 5. The van der Waals surface area contributed by atoms with E-state index in [0.717, 1.165) is 22.8 Å². The number of aliphatic carboxylic acids is 1. The summed E-state index contributed by atoms with van der Waals surface area (Å²) in [6.45, 7) is 3.47. The average molecular weight is 513 g/mol. The van der Waals surface area contributed by atoms with Crippen molar-refractivity contribution in [1.82, 2.24) is 20.9 Å². The van der Waals surface area contributed by atoms with Gasteiger partial charge in [-0.3, -0.25) is 19.3 Å². The molecule has 1 aliphatic rings. The van der Waals surface area contributed by atoms with Gasteiger partial charge in [-0.1, -0.05) is 62.7 Å². The molecule has 1 aliphatic heterocycles. The minimum absolute atomic E-state index is 0.172. The van der Waals surface area contributed by atoms with Crippen LogP contribution in [0.5, 0.6) is 0 Å². The summed E-state index contributed by atoms with van der Waals surface area (Å²) in [7, 11) is 0. The van der Waals surface area contributed by atoms with Crippen LogP contribution in [-0.2, 0) is 25.7 Å². The van der Waals surface area contributed by atoms with E-state index in [1.807, 2.05) is 54.3 Å². The first-order valence-electron chi connectivity index (χ1n) is 12.6. The molecule has 1 heterocycles. The first-order chi connectivity index (χ1) is 17.7. The molecule has 1 saturated heterocycles. The van der Waals surface area contributed by atoms with Gasteiger partial charge in [-0.25, -0.2) is 4.79 Å². The molecule has 200 valence electrons. The lowest BCUT2D eigenvalue weighted by molar-refractivity contribution is -0.143. The Morgan fingerprint density at radius 2 is 1.86 bits per heavy atom. The molecule has 2 aromatic rings. The van der Waals surface area contributed by atoms with Crippen molar-refractivity contribution in [2.24, 2.45) is 5.92 Å². The minimum Gasteiger partial charge on any atom is -0.480 e. The molecule has 0 aromatic heterocycles. The summed E-state index contributed by atoms with van der Waals surface area (Å²) in [6.07, 6.45) is 1.53. The Balaban J connectivity index is 1.91. The number of amides is 3. The van der Waals surface area contributed by atoms with Gasteiger partial charge >= 0.3 is 5.97 Å². The summed E-state index contributed by atoms with van der Waals surface area (Å²) in [5.74, 6) is -2.20. The van der Waals surface area contributed by atoms with Gasteiger partial charge in [0.05, 0.1) is 19.3 Å². The van der Waals surface area contributed by atoms with E-state index in [1.54, 1.807) is 0 Å². The number of benzene rings is 2. The van der Waals surface area contributed by atoms with E-state index in [9.17, 15) is 29.4 Å². The number of aliphatic hydroxyl groups is 1. The molecule has 5 N–H and O–H groups in total. The number of carbonyl (C=O) groups is 4. The van der Waals surface area contributed by atoms with Crippen LogP contribution >= 0.6 is 0 Å². The van der Waals surface area contributed by atoms with Crippen LogP contribution in [0, 0.1) is 5.92 Å². The zero-order valence-corrected chi connectivity index (χ0v) is 21.3. The fraction of sp³-hybridized carbons (Fsp3) is 0.481. The fourth-order valence-electron chi connectivity index (χ4n) is 4.46. The van der Waals surface area contributed by atoms with Gasteiger partial charge in [-0.15, -0.1) is 0 Å². The lowest BCUT2D eigenvalue weighted by Gasteiger charge is -2.34. The summed E-state index contributed by atoms with van der Waals surface area (Å²) in [5, 5.41) is 28.7. The SMILES string of the molecule is CC[C@H](C)CC(NC(=O)[C@@H]1CCC(=O)N1)N(CC(=O)N[C@@H](CO)C(=O)O)Cc1cccc2ccccc12. The van der Waals surface area contributed by atoms with Crippen molar-refractivity contribution >= 4 is 34.5 Å². The van der Waals surface area contributed by atoms with Gasteiger partial charge in [-0.05, 0) is 35.1 Å². The number of carbonyl (C=O) groups excluding carboxylic acids is 3. The summed E-state index contributed by atoms with van der Waals surface area (Å²) in [6, 6.07) is 11.7. The number of aliphatic hydroxyl groups excluding tert-OH is 1. The second-order valence-electron chi connectivity index (χ2n) is 9.62. The maximum Gasteiger partial charge on any atom is 0.328 e. The number of carboxylic acid groups (broad SMARTS) is 1. The topological polar surface area (TPSA) is 148 Å². The highest BCUT2D eigenvalue weighted by Gasteiger charge is 2.32. The zero-order valence-electron chi connectivity index (χ0n) is 21.3. The Morgan fingerprint density at radius 1 is 1.14 bits per heavy atom. The van der Waals surface area contributed by atoms with Crippen molar-refractivity contribution in [2.75, 3.05) is 13.2 Å². The number of rotatable bonds is 13. The predicted octanol–water partition coefficient (Wildman–Crippen LogP) is 1.36. The quantitative estimate of drug-likeness (QED) is 0.255. The zero-order chi connectivity index (χ0) is 26.9. The van der Waals surface area contributed by atoms with E-state index in [-0.39, 0.29) is 30.7 Å². The van der Waals surface area contributed by atoms with Gasteiger partial charge in [-0.2, -0.15) is 0 Å². The molecule has 0 radical (unpaired) electrons. The Hall–Kier alpha value is -3.50. The highest BCUT2D eigenvalue weighted by atomic mass is 16.4. The van der Waals surface area contributed by atoms with Gasteiger partial charge in [0.1, 0.15) is 12.1 Å². The average Bonchev–Trinajstić information content (AvgIpc) is 3.32. The smallest absolute Gasteiger partial charge is 0.328 e. The molecule has 3 amide bonds. The molecule has 10 nitrogen and oxygen atoms in total. The lowest BCUT2D eigenvalue weighted by atomic mass is 10.00. The molecule has 4 atom stereocenters. The van der Waals surface area contributed by atoms with Gasteiger partial charge in [0.25, 0.3) is 0 Å². The van der Waals surface area contributed by atoms with Crippen molar-refractivity contribution in [2.45, 2.75) is 64.3 Å². The Morgan fingerprint density at radius 3 is 2.51 bits per heavy atom. The maximum atomic E-state index is 13.1. The van der Waals surface area contributed by atoms with E-state index in [4.69, 9.17) is 0 Å². The second-order valence-corrected chi connectivity index (χ2v) is 9.62. The van der Waals surface area contributed by atoms with Crippen LogP contribution in [0.25, 0.3) is 10.8 Å². The maximum absolute atomic E-state index is 13.1. The van der Waals surface area contributed by atoms with Crippen LogP contribution in [0.15, 0.2) is 42.5 Å². The molecule has 2 aromatic carbocycles. The van der Waals surface area contributed by atoms with Crippen molar-refractivity contribution < 1.29 is 29.4 Å². The second kappa shape index (κ2) is 13.2. The Labute approximate surface area is 216 Å². The number of carboxylic acids is 1. The number of hydrogen-bond acceptors (Lipinski definition) is 6. The summed E-state index contributed by atoms with van der Waals surface area (Å²) in [5.41, 5.74) is 0.945. The molecule has 10 heteroatoms. The van der Waals surface area contributed by atoms with E-state index < -0.39 is 36.7 Å². The molecule has 0 aliphatic carbocycles. The van der Waals surface area contributed by atoms with Crippen molar-refractivity contribution in [3.05, 3.63) is 48.0 Å². The van der Waals surface area contributed by atoms with E-state index >= 15 is 0 Å². The van der Waals surface area contributed by atoms with Crippen LogP contribution in [-0.4, -0.2) is 70.2 Å². The van der Waals surface area contributed by atoms with Crippen LogP contribution in [0.2, 0.25) is 0 Å². The summed E-state index contributed by atoms with van der Waals surface area (Å²) >= 11 is 0. The Kier molecular flexibility index (Phi) is 9.99. The van der Waals surface area contributed by atoms with Gasteiger partial charge in [0.2, 0.25) is 17.7 Å². The molecule has 37 heavy (non-hydrogen) atoms. The van der Waals surface area contributed by atoms with Crippen LogP contribution in [0.3, 0.4) is 0 Å². The van der Waals surface area contributed by atoms with Gasteiger partial charge < -0.3 is 26.2 Å². The summed E-state index contributed by atoms with van der Waals surface area (Å²) < 4.78 is 0. The standard InChI is InChI=1S/C27H36N4O6/c1-3-17(2)13-23(30-26(35)21-11-12-24(33)28-21)31(15-25(34)29-22(16-32)27(36)37)14-19-9-6-8-18-7-4-5-10-20(18)19/h4-10,17,21-23,32H,3,11-16H2,1-2H3,(H,28,33)(H,29,34)(H,30,35)(H,36,37)/t17-,21-,22-,23?/m0/s1. The molecule has 1 unspecified atom stereocenters. The number of nitrogens with zero attached hydrogens (tertiary/aromatic N) is 1. The first kappa shape index (κ1) is 28.1. The first-order valence-corrected chi connectivity index (χ1v) is 12.6. The molecule has 0 spiro atoms. The highest BCUT2D eigenvalue weighted by Crippen LogP contribution is 2.23. The number of nitrogens with one attached hydrogen (secondary N) is 3. The molecule has 3 rings (SSSR count). The third-order valence-corrected chi connectivity index (χ3v) is 6.80. The number of fused-ring (bicyclic) bond motifs is 1. The van der Waals surface area contributed by atoms with E-state index in [0.29, 0.717) is 19.4 Å². The fourth-order valence-corrected chi connectivity index (χ4v) is 4.46. The predicted molar refractivity (Wildman–Crippen MR) is 138 cm³/mol. The van der Waals surface area contributed by atoms with Gasteiger partial charge in [0.15, 0.2) is 0 Å². The van der Waals surface area contributed by atoms with E-state index in [1.165, 1.54) is 0 Å². The normalized spacial score (nSPS) is 17.7. The lowest BCUT2D eigenvalue weighted by Crippen LogP contribution is -2.56. The van der Waals surface area contributed by atoms with Crippen molar-refractivity contribution in [3.63, 3.8) is 0 Å². The monoisotopic (exact) mass is 512 g/mol. The highest BCUT2D eigenvalue weighted by molar-refractivity contribution is 5.91. The molecular formula is C27H36N4O6. The minimum atomic E-state index is -1.43. The van der Waals surface area contributed by atoms with Crippen molar-refractivity contribution in [1.29, 1.82) is 0 Å².